The molecule has 2 unspecified atom stereocenters. The monoisotopic (exact) mass is 392 g/mol. The van der Waals surface area contributed by atoms with Gasteiger partial charge in [-0.05, 0) is 38.1 Å². The van der Waals surface area contributed by atoms with Crippen molar-refractivity contribution in [3.05, 3.63) is 48.4 Å². The molecule has 1 aromatic carbocycles. The molecular weight excluding hydrogens is 368 g/mol. The van der Waals surface area contributed by atoms with Gasteiger partial charge < -0.3 is 20.3 Å². The number of benzene rings is 1. The number of carbonyl (C=O) groups is 1. The Morgan fingerprint density at radius 1 is 1.21 bits per heavy atom. The molecule has 29 heavy (non-hydrogen) atoms. The van der Waals surface area contributed by atoms with Crippen LogP contribution in [0.2, 0.25) is 0 Å². The van der Waals surface area contributed by atoms with Crippen LogP contribution in [0, 0.1) is 0 Å². The lowest BCUT2D eigenvalue weighted by Crippen LogP contribution is -2.54. The molecule has 1 saturated heterocycles. The molecular formula is C21H24N6O2. The summed E-state index contributed by atoms with van der Waals surface area (Å²) in [5.74, 6) is -0.252. The zero-order valence-corrected chi connectivity index (χ0v) is 16.7. The maximum atomic E-state index is 13.0. The number of hydrogen-bond acceptors (Lipinski definition) is 7. The third-order valence-electron chi connectivity index (χ3n) is 4.95. The number of rotatable bonds is 4. The molecule has 0 saturated carbocycles. The van der Waals surface area contributed by atoms with Gasteiger partial charge in [0.2, 0.25) is 0 Å². The second-order valence-electron chi connectivity index (χ2n) is 7.32. The highest BCUT2D eigenvalue weighted by atomic mass is 16.5. The Balaban J connectivity index is 1.77. The normalized spacial score (nSPS) is 19.2. The van der Waals surface area contributed by atoms with E-state index in [1.54, 1.807) is 30.7 Å². The fourth-order valence-corrected chi connectivity index (χ4v) is 3.81. The van der Waals surface area contributed by atoms with Crippen LogP contribution in [0.1, 0.15) is 24.2 Å². The number of methoxy groups -OCH3 is 1. The topological polar surface area (TPSA) is 92.3 Å². The summed E-state index contributed by atoms with van der Waals surface area (Å²) >= 11 is 0. The first-order valence-corrected chi connectivity index (χ1v) is 9.61. The summed E-state index contributed by atoms with van der Waals surface area (Å²) < 4.78 is 5.21. The van der Waals surface area contributed by atoms with Crippen LogP contribution in [-0.2, 0) is 0 Å². The van der Waals surface area contributed by atoms with Gasteiger partial charge in [-0.25, -0.2) is 4.98 Å². The number of nitrogens with zero attached hydrogens (tertiary/aromatic N) is 4. The van der Waals surface area contributed by atoms with E-state index in [4.69, 9.17) is 4.74 Å². The van der Waals surface area contributed by atoms with Crippen LogP contribution in [0.4, 0.5) is 11.4 Å². The summed E-state index contributed by atoms with van der Waals surface area (Å²) in [4.78, 5) is 28.1. The van der Waals surface area contributed by atoms with Gasteiger partial charge in [0.05, 0.1) is 30.1 Å². The lowest BCUT2D eigenvalue weighted by Gasteiger charge is -2.38. The highest BCUT2D eigenvalue weighted by Gasteiger charge is 2.24. The third-order valence-corrected chi connectivity index (χ3v) is 4.95. The van der Waals surface area contributed by atoms with Crippen molar-refractivity contribution in [2.75, 3.05) is 30.4 Å². The van der Waals surface area contributed by atoms with Gasteiger partial charge >= 0.3 is 6.01 Å². The Labute approximate surface area is 169 Å². The number of nitrogens with one attached hydrogen (secondary N) is 2. The van der Waals surface area contributed by atoms with E-state index in [9.17, 15) is 4.79 Å². The molecule has 0 spiro atoms. The molecule has 2 aromatic heterocycles. The molecule has 0 bridgehead atoms. The van der Waals surface area contributed by atoms with Crippen molar-refractivity contribution >= 4 is 28.2 Å². The third kappa shape index (κ3) is 3.97. The average molecular weight is 392 g/mol. The molecule has 3 heterocycles. The summed E-state index contributed by atoms with van der Waals surface area (Å²) in [5.41, 5.74) is 2.67. The summed E-state index contributed by atoms with van der Waals surface area (Å²) in [6.07, 6.45) is 5.00. The first kappa shape index (κ1) is 19.1. The van der Waals surface area contributed by atoms with Crippen LogP contribution >= 0.6 is 0 Å². The smallest absolute Gasteiger partial charge is 0.316 e. The highest BCUT2D eigenvalue weighted by molar-refractivity contribution is 6.13. The van der Waals surface area contributed by atoms with Crippen molar-refractivity contribution in [1.29, 1.82) is 0 Å². The minimum Gasteiger partial charge on any atom is -0.467 e. The molecule has 4 rings (SSSR count). The minimum absolute atomic E-state index is 0.229. The van der Waals surface area contributed by atoms with Crippen LogP contribution in [0.3, 0.4) is 0 Å². The SMILES string of the molecule is COc1ncc2c(N3CC(C)NC(C)C3)ccc(C(=O)Nc3cccnc3)c2n1. The van der Waals surface area contributed by atoms with E-state index in [2.05, 4.69) is 44.3 Å². The minimum atomic E-state index is -0.252. The predicted octanol–water partition coefficient (Wildman–Crippen LogP) is 2.47. The van der Waals surface area contributed by atoms with E-state index in [-0.39, 0.29) is 11.9 Å². The number of hydrogen-bond donors (Lipinski definition) is 2. The molecule has 8 heteroatoms. The van der Waals surface area contributed by atoms with Gasteiger partial charge in [0.1, 0.15) is 0 Å². The number of pyridine rings is 1. The van der Waals surface area contributed by atoms with Crippen molar-refractivity contribution in [3.8, 4) is 6.01 Å². The van der Waals surface area contributed by atoms with E-state index in [1.165, 1.54) is 7.11 Å². The van der Waals surface area contributed by atoms with Crippen molar-refractivity contribution in [3.63, 3.8) is 0 Å². The first-order valence-electron chi connectivity index (χ1n) is 9.61. The number of fused-ring (bicyclic) bond motifs is 1. The highest BCUT2D eigenvalue weighted by Crippen LogP contribution is 2.30. The molecule has 1 aliphatic heterocycles. The van der Waals surface area contributed by atoms with Gasteiger partial charge in [-0.2, -0.15) is 4.98 Å². The van der Waals surface area contributed by atoms with Crippen LogP contribution in [0.15, 0.2) is 42.9 Å². The fraction of sp³-hybridized carbons (Fsp3) is 0.333. The summed E-state index contributed by atoms with van der Waals surface area (Å²) in [5, 5.41) is 7.24. The second-order valence-corrected chi connectivity index (χ2v) is 7.32. The number of carbonyl (C=O) groups excluding carboxylic acids is 1. The first-order chi connectivity index (χ1) is 14.0. The zero-order chi connectivity index (χ0) is 20.4. The van der Waals surface area contributed by atoms with Crippen molar-refractivity contribution < 1.29 is 9.53 Å². The van der Waals surface area contributed by atoms with Gasteiger partial charge in [0.25, 0.3) is 5.91 Å². The maximum absolute atomic E-state index is 13.0. The van der Waals surface area contributed by atoms with E-state index >= 15 is 0 Å². The van der Waals surface area contributed by atoms with Gasteiger partial charge in [-0.15, -0.1) is 0 Å². The summed E-state index contributed by atoms with van der Waals surface area (Å²) in [6.45, 7) is 6.07. The Bertz CT molecular complexity index is 1020. The molecule has 8 nitrogen and oxygen atoms in total. The lowest BCUT2D eigenvalue weighted by molar-refractivity contribution is 0.102. The molecule has 1 fully saturated rings. The van der Waals surface area contributed by atoms with Crippen LogP contribution in [0.5, 0.6) is 6.01 Å². The Kier molecular flexibility index (Phi) is 5.26. The standard InChI is InChI=1S/C21H24N6O2/c1-13-11-27(12-14(2)24-13)18-7-6-16(19-17(18)10-23-21(26-19)29-3)20(28)25-15-5-4-8-22-9-15/h4-10,13-14,24H,11-12H2,1-3H3,(H,25,28). The molecule has 1 aliphatic rings. The lowest BCUT2D eigenvalue weighted by atomic mass is 10.0. The number of anilines is 2. The number of amides is 1. The fourth-order valence-electron chi connectivity index (χ4n) is 3.81. The maximum Gasteiger partial charge on any atom is 0.316 e. The van der Waals surface area contributed by atoms with Crippen molar-refractivity contribution in [1.82, 2.24) is 20.3 Å². The van der Waals surface area contributed by atoms with E-state index in [0.717, 1.165) is 24.2 Å². The van der Waals surface area contributed by atoms with Crippen molar-refractivity contribution in [2.45, 2.75) is 25.9 Å². The Morgan fingerprint density at radius 2 is 2.00 bits per heavy atom. The van der Waals surface area contributed by atoms with Crippen molar-refractivity contribution in [2.24, 2.45) is 0 Å². The van der Waals surface area contributed by atoms with E-state index < -0.39 is 0 Å². The molecule has 2 atom stereocenters. The summed E-state index contributed by atoms with van der Waals surface area (Å²) in [7, 11) is 1.51. The van der Waals surface area contributed by atoms with Gasteiger partial charge in [-0.1, -0.05) is 0 Å². The molecule has 0 radical (unpaired) electrons. The number of ether oxygens (including phenoxy) is 1. The van der Waals surface area contributed by atoms with E-state index in [0.29, 0.717) is 28.9 Å². The van der Waals surface area contributed by atoms with Crippen LogP contribution < -0.4 is 20.3 Å². The van der Waals surface area contributed by atoms with Crippen LogP contribution in [0.25, 0.3) is 10.9 Å². The zero-order valence-electron chi connectivity index (χ0n) is 16.7. The molecule has 0 aliphatic carbocycles. The molecule has 2 N–H and O–H groups in total. The second kappa shape index (κ2) is 8.00. The Hall–Kier alpha value is -3.26. The summed E-state index contributed by atoms with van der Waals surface area (Å²) in [6, 6.07) is 8.30. The number of piperazine rings is 1. The van der Waals surface area contributed by atoms with Crippen LogP contribution in [-0.4, -0.2) is 53.1 Å². The largest absolute Gasteiger partial charge is 0.467 e. The molecule has 1 amide bonds. The predicted molar refractivity (Wildman–Crippen MR) is 113 cm³/mol. The van der Waals surface area contributed by atoms with E-state index in [1.807, 2.05) is 12.1 Å². The van der Waals surface area contributed by atoms with Gasteiger partial charge in [0.15, 0.2) is 0 Å². The molecule has 150 valence electrons. The Morgan fingerprint density at radius 3 is 2.69 bits per heavy atom. The van der Waals surface area contributed by atoms with Gasteiger partial charge in [-0.3, -0.25) is 9.78 Å². The quantitative estimate of drug-likeness (QED) is 0.705. The molecule has 3 aromatic rings. The number of aromatic nitrogens is 3. The van der Waals surface area contributed by atoms with Gasteiger partial charge in [0, 0.05) is 48.6 Å². The average Bonchev–Trinajstić information content (AvgIpc) is 2.72.